The van der Waals surface area contributed by atoms with Crippen LogP contribution in [0, 0.1) is 5.82 Å². The van der Waals surface area contributed by atoms with E-state index in [0.29, 0.717) is 36.0 Å². The van der Waals surface area contributed by atoms with E-state index < -0.39 is 23.5 Å². The second-order valence-electron chi connectivity index (χ2n) is 7.83. The number of aliphatic hydroxyl groups is 1. The molecule has 0 bridgehead atoms. The Bertz CT molecular complexity index is 1260. The fraction of sp³-hybridized carbons (Fsp3) is 0.222. The predicted molar refractivity (Wildman–Crippen MR) is 127 cm³/mol. The van der Waals surface area contributed by atoms with Gasteiger partial charge in [0, 0.05) is 18.8 Å². The van der Waals surface area contributed by atoms with E-state index in [1.807, 2.05) is 6.92 Å². The van der Waals surface area contributed by atoms with E-state index in [1.165, 1.54) is 17.0 Å². The van der Waals surface area contributed by atoms with Crippen molar-refractivity contribution in [2.24, 2.45) is 0 Å². The molecule has 1 saturated heterocycles. The van der Waals surface area contributed by atoms with Crippen LogP contribution in [-0.4, -0.2) is 39.9 Å². The Balaban J connectivity index is 1.85. The first-order valence-electron chi connectivity index (χ1n) is 11.3. The summed E-state index contributed by atoms with van der Waals surface area (Å²) in [5, 5.41) is 11.4. The molecule has 1 amide bonds. The van der Waals surface area contributed by atoms with Crippen LogP contribution in [0.4, 0.5) is 4.39 Å². The van der Waals surface area contributed by atoms with Crippen LogP contribution < -0.4 is 9.47 Å². The molecule has 2 heterocycles. The highest BCUT2D eigenvalue weighted by atomic mass is 19.1. The maximum absolute atomic E-state index is 13.4. The number of benzene rings is 2. The lowest BCUT2D eigenvalue weighted by Gasteiger charge is -2.24. The predicted octanol–water partition coefficient (Wildman–Crippen LogP) is 4.64. The third-order valence-corrected chi connectivity index (χ3v) is 5.59. The van der Waals surface area contributed by atoms with Crippen molar-refractivity contribution in [3.63, 3.8) is 0 Å². The zero-order valence-electron chi connectivity index (χ0n) is 19.4. The van der Waals surface area contributed by atoms with Crippen LogP contribution >= 0.6 is 0 Å². The molecule has 1 fully saturated rings. The van der Waals surface area contributed by atoms with Gasteiger partial charge in [0.1, 0.15) is 29.1 Å². The normalized spacial score (nSPS) is 17.0. The summed E-state index contributed by atoms with van der Waals surface area (Å²) < 4.78 is 24.6. The Hall–Kier alpha value is -4.20. The third kappa shape index (κ3) is 4.87. The Kier molecular flexibility index (Phi) is 7.10. The molecule has 0 saturated carbocycles. The fourth-order valence-corrected chi connectivity index (χ4v) is 4.05. The van der Waals surface area contributed by atoms with E-state index in [4.69, 9.17) is 9.47 Å². The minimum atomic E-state index is -0.942. The van der Waals surface area contributed by atoms with Crippen molar-refractivity contribution in [3.8, 4) is 11.5 Å². The lowest BCUT2D eigenvalue weighted by atomic mass is 9.97. The molecule has 1 aromatic heterocycles. The Labute approximate surface area is 202 Å². The molecule has 3 aromatic rings. The number of nitrogens with zero attached hydrogens (tertiary/aromatic N) is 2. The number of aromatic nitrogens is 1. The first-order valence-corrected chi connectivity index (χ1v) is 11.3. The van der Waals surface area contributed by atoms with Crippen molar-refractivity contribution in [3.05, 3.63) is 95.1 Å². The fourth-order valence-electron chi connectivity index (χ4n) is 4.05. The number of hydrogen-bond acceptors (Lipinski definition) is 6. The van der Waals surface area contributed by atoms with Crippen molar-refractivity contribution in [1.82, 2.24) is 9.88 Å². The molecule has 4 rings (SSSR count). The van der Waals surface area contributed by atoms with E-state index in [-0.39, 0.29) is 23.4 Å². The molecule has 7 nitrogen and oxygen atoms in total. The van der Waals surface area contributed by atoms with Gasteiger partial charge in [-0.05, 0) is 55.8 Å². The van der Waals surface area contributed by atoms with Crippen LogP contribution in [0.1, 0.15) is 36.7 Å². The molecule has 1 aliphatic heterocycles. The van der Waals surface area contributed by atoms with Gasteiger partial charge in [0.2, 0.25) is 0 Å². The number of carbonyl (C=O) groups is 2. The van der Waals surface area contributed by atoms with E-state index in [2.05, 4.69) is 4.98 Å². The number of ketones is 1. The first kappa shape index (κ1) is 23.9. The van der Waals surface area contributed by atoms with Gasteiger partial charge in [-0.1, -0.05) is 18.2 Å². The third-order valence-electron chi connectivity index (χ3n) is 5.59. The molecule has 0 radical (unpaired) electrons. The number of Topliss-reactive ketones (excluding diaryl/α,β-unsaturated/α-hetero) is 1. The second-order valence-corrected chi connectivity index (χ2v) is 7.83. The van der Waals surface area contributed by atoms with E-state index >= 15 is 0 Å². The smallest absolute Gasteiger partial charge is 0.296 e. The summed E-state index contributed by atoms with van der Waals surface area (Å²) in [5.74, 6) is -1.53. The second kappa shape index (κ2) is 10.4. The van der Waals surface area contributed by atoms with Crippen molar-refractivity contribution >= 4 is 17.4 Å². The Morgan fingerprint density at radius 1 is 1.03 bits per heavy atom. The van der Waals surface area contributed by atoms with Crippen LogP contribution in [0.15, 0.2) is 72.4 Å². The van der Waals surface area contributed by atoms with E-state index in [0.717, 1.165) is 0 Å². The summed E-state index contributed by atoms with van der Waals surface area (Å²) in [6.45, 7) is 4.45. The summed E-state index contributed by atoms with van der Waals surface area (Å²) in [4.78, 5) is 32.1. The van der Waals surface area contributed by atoms with Gasteiger partial charge in [-0.25, -0.2) is 4.39 Å². The standard InChI is InChI=1S/C27H25FN2O5/c1-3-34-19-12-13-20(22(15-19)35-4-2)25(31)23-24(21-7-5-6-14-29-21)30(27(33)26(23)32)16-17-8-10-18(28)11-9-17/h5-15,24,31H,3-4,16H2,1-2H3/b25-23-. The van der Waals surface area contributed by atoms with Crippen molar-refractivity contribution < 1.29 is 28.6 Å². The van der Waals surface area contributed by atoms with Crippen molar-refractivity contribution in [1.29, 1.82) is 0 Å². The number of ether oxygens (including phenoxy) is 2. The van der Waals surface area contributed by atoms with Crippen LogP contribution in [-0.2, 0) is 16.1 Å². The Morgan fingerprint density at radius 3 is 2.43 bits per heavy atom. The molecule has 1 unspecified atom stereocenters. The zero-order valence-corrected chi connectivity index (χ0v) is 19.4. The number of rotatable bonds is 8. The number of halogens is 1. The molecular formula is C27H25FN2O5. The summed E-state index contributed by atoms with van der Waals surface area (Å²) in [7, 11) is 0. The van der Waals surface area contributed by atoms with Crippen LogP contribution in [0.3, 0.4) is 0 Å². The molecule has 0 spiro atoms. The van der Waals surface area contributed by atoms with Gasteiger partial charge in [-0.3, -0.25) is 14.6 Å². The van der Waals surface area contributed by atoms with Crippen LogP contribution in [0.5, 0.6) is 11.5 Å². The van der Waals surface area contributed by atoms with Crippen molar-refractivity contribution in [2.45, 2.75) is 26.4 Å². The maximum atomic E-state index is 13.4. The SMILES string of the molecule is CCOc1ccc(/C(O)=C2/C(=O)C(=O)N(Cc3ccc(F)cc3)C2c2ccccn2)c(OCC)c1. The number of carbonyl (C=O) groups excluding carboxylic acids is 2. The topological polar surface area (TPSA) is 89.0 Å². The highest BCUT2D eigenvalue weighted by Crippen LogP contribution is 2.41. The molecule has 1 aliphatic rings. The molecule has 1 atom stereocenters. The number of pyridine rings is 1. The highest BCUT2D eigenvalue weighted by Gasteiger charge is 2.47. The quantitative estimate of drug-likeness (QED) is 0.290. The Morgan fingerprint density at radius 2 is 1.77 bits per heavy atom. The zero-order chi connectivity index (χ0) is 24.9. The van der Waals surface area contributed by atoms with Gasteiger partial charge in [0.15, 0.2) is 0 Å². The van der Waals surface area contributed by atoms with Gasteiger partial charge in [-0.15, -0.1) is 0 Å². The molecule has 0 aliphatic carbocycles. The number of likely N-dealkylation sites (tertiary alicyclic amines) is 1. The van der Waals surface area contributed by atoms with Gasteiger partial charge >= 0.3 is 0 Å². The summed E-state index contributed by atoms with van der Waals surface area (Å²) in [5.41, 5.74) is 1.21. The summed E-state index contributed by atoms with van der Waals surface area (Å²) in [6, 6.07) is 14.7. The van der Waals surface area contributed by atoms with Crippen LogP contribution in [0.25, 0.3) is 5.76 Å². The molecule has 2 aromatic carbocycles. The largest absolute Gasteiger partial charge is 0.507 e. The lowest BCUT2D eigenvalue weighted by molar-refractivity contribution is -0.140. The summed E-state index contributed by atoms with van der Waals surface area (Å²) in [6.07, 6.45) is 1.55. The minimum absolute atomic E-state index is 0.0322. The monoisotopic (exact) mass is 476 g/mol. The van der Waals surface area contributed by atoms with Crippen LogP contribution in [0.2, 0.25) is 0 Å². The minimum Gasteiger partial charge on any atom is -0.507 e. The average Bonchev–Trinajstić information content (AvgIpc) is 3.11. The number of aliphatic hydroxyl groups excluding tert-OH is 1. The van der Waals surface area contributed by atoms with Gasteiger partial charge in [-0.2, -0.15) is 0 Å². The first-order chi connectivity index (χ1) is 16.9. The van der Waals surface area contributed by atoms with E-state index in [9.17, 15) is 19.1 Å². The molecule has 1 N–H and O–H groups in total. The van der Waals surface area contributed by atoms with E-state index in [1.54, 1.807) is 61.7 Å². The molecular weight excluding hydrogens is 451 g/mol. The highest BCUT2D eigenvalue weighted by molar-refractivity contribution is 6.46. The molecule has 180 valence electrons. The van der Waals surface area contributed by atoms with Crippen molar-refractivity contribution in [2.75, 3.05) is 13.2 Å². The van der Waals surface area contributed by atoms with Gasteiger partial charge in [0.25, 0.3) is 11.7 Å². The average molecular weight is 477 g/mol. The number of amides is 1. The van der Waals surface area contributed by atoms with Gasteiger partial charge in [0.05, 0.1) is 30.0 Å². The number of hydrogen-bond donors (Lipinski definition) is 1. The summed E-state index contributed by atoms with van der Waals surface area (Å²) >= 11 is 0. The molecule has 35 heavy (non-hydrogen) atoms. The molecule has 8 heteroatoms. The maximum Gasteiger partial charge on any atom is 0.296 e. The lowest BCUT2D eigenvalue weighted by Crippen LogP contribution is -2.29. The van der Waals surface area contributed by atoms with Gasteiger partial charge < -0.3 is 19.5 Å².